The van der Waals surface area contributed by atoms with Gasteiger partial charge in [0.1, 0.15) is 0 Å². The van der Waals surface area contributed by atoms with Gasteiger partial charge in [0.05, 0.1) is 18.1 Å². The Bertz CT molecular complexity index is 1300. The Labute approximate surface area is 236 Å². The molecule has 0 spiro atoms. The molecule has 3 atom stereocenters. The largest absolute Gasteiger partial charge is 0.379 e. The Morgan fingerprint density at radius 1 is 1.23 bits per heavy atom. The van der Waals surface area contributed by atoms with E-state index < -0.39 is 5.92 Å². The first-order chi connectivity index (χ1) is 18.7. The number of rotatable bonds is 8. The summed E-state index contributed by atoms with van der Waals surface area (Å²) in [7, 11) is 0. The van der Waals surface area contributed by atoms with E-state index in [4.69, 9.17) is 4.74 Å². The first-order valence-electron chi connectivity index (χ1n) is 14.3. The summed E-state index contributed by atoms with van der Waals surface area (Å²) in [6, 6.07) is 9.03. The molecule has 1 saturated carbocycles. The molecule has 3 heterocycles. The van der Waals surface area contributed by atoms with Gasteiger partial charge in [0.2, 0.25) is 0 Å². The van der Waals surface area contributed by atoms with Crippen molar-refractivity contribution in [3.8, 4) is 0 Å². The average Bonchev–Trinajstić information content (AvgIpc) is 3.47. The number of hydrogen-bond acceptors (Lipinski definition) is 5. The number of ether oxygens (including phenoxy) is 1. The van der Waals surface area contributed by atoms with Gasteiger partial charge in [0, 0.05) is 58.0 Å². The number of hydrogen-bond donors (Lipinski definition) is 2. The monoisotopic (exact) mass is 550 g/mol. The van der Waals surface area contributed by atoms with Crippen LogP contribution in [0.4, 0.5) is 0 Å². The number of aromatic nitrogens is 1. The second-order valence-corrected chi connectivity index (χ2v) is 12.7. The van der Waals surface area contributed by atoms with Gasteiger partial charge in [0.25, 0.3) is 11.8 Å². The summed E-state index contributed by atoms with van der Waals surface area (Å²) in [5, 5.41) is 7.92. The molecule has 0 radical (unpaired) electrons. The quantitative estimate of drug-likeness (QED) is 0.458. The molecule has 39 heavy (non-hydrogen) atoms. The molecule has 2 amide bonds. The van der Waals surface area contributed by atoms with Crippen LogP contribution in [0.25, 0.3) is 10.9 Å². The van der Waals surface area contributed by atoms with Gasteiger partial charge >= 0.3 is 0 Å². The number of para-hydroxylation sites is 1. The molecule has 5 rings (SSSR count). The zero-order chi connectivity index (χ0) is 27.7. The number of carbonyl (C=O) groups is 2. The molecule has 3 aliphatic rings. The number of thioether (sulfide) groups is 1. The lowest BCUT2D eigenvalue weighted by molar-refractivity contribution is -0.120. The molecule has 2 fully saturated rings. The van der Waals surface area contributed by atoms with Crippen LogP contribution in [-0.4, -0.2) is 59.7 Å². The van der Waals surface area contributed by atoms with Gasteiger partial charge in [0.15, 0.2) is 0 Å². The van der Waals surface area contributed by atoms with Crippen LogP contribution >= 0.6 is 11.8 Å². The molecule has 7 nitrogen and oxygen atoms in total. The second kappa shape index (κ2) is 11.6. The molecule has 1 aliphatic carbocycles. The van der Waals surface area contributed by atoms with Gasteiger partial charge in [-0.15, -0.1) is 11.8 Å². The van der Waals surface area contributed by atoms with Crippen LogP contribution in [0, 0.1) is 18.8 Å². The summed E-state index contributed by atoms with van der Waals surface area (Å²) in [4.78, 5) is 31.3. The van der Waals surface area contributed by atoms with E-state index in [9.17, 15) is 9.59 Å². The highest BCUT2D eigenvalue weighted by Crippen LogP contribution is 2.38. The third-order valence-corrected chi connectivity index (χ3v) is 9.87. The zero-order valence-electron chi connectivity index (χ0n) is 23.9. The topological polar surface area (TPSA) is 84.7 Å². The minimum atomic E-state index is -0.429. The highest BCUT2D eigenvalue weighted by atomic mass is 32.2. The number of carbonyl (C=O) groups excluding carboxylic acids is 2. The van der Waals surface area contributed by atoms with Gasteiger partial charge in [-0.3, -0.25) is 9.59 Å². The Kier molecular flexibility index (Phi) is 8.36. The number of benzene rings is 1. The molecule has 1 aromatic carbocycles. The Morgan fingerprint density at radius 2 is 1.97 bits per heavy atom. The fourth-order valence-corrected chi connectivity index (χ4v) is 7.57. The number of fused-ring (bicyclic) bond motifs is 1. The van der Waals surface area contributed by atoms with E-state index in [1.54, 1.807) is 11.8 Å². The predicted molar refractivity (Wildman–Crippen MR) is 160 cm³/mol. The SMILES string of the molecule is CSC1=CC(C)=NC(=O)C1CNC(=O)c1c(C)n([C@H](C)C2CCC(NC3(C)CCOC3)CC2)c2ccccc12. The number of nitrogens with zero attached hydrogens (tertiary/aromatic N) is 2. The van der Waals surface area contributed by atoms with E-state index in [0.717, 1.165) is 54.0 Å². The van der Waals surface area contributed by atoms with Crippen molar-refractivity contribution in [1.82, 2.24) is 15.2 Å². The van der Waals surface area contributed by atoms with Crippen LogP contribution in [0.3, 0.4) is 0 Å². The van der Waals surface area contributed by atoms with Crippen molar-refractivity contribution in [2.75, 3.05) is 26.0 Å². The molecule has 2 unspecified atom stereocenters. The van der Waals surface area contributed by atoms with Crippen molar-refractivity contribution in [1.29, 1.82) is 0 Å². The molecule has 1 aromatic heterocycles. The molecular formula is C31H42N4O3S. The molecule has 2 aromatic rings. The third-order valence-electron chi connectivity index (χ3n) is 9.00. The van der Waals surface area contributed by atoms with Crippen molar-refractivity contribution in [3.63, 3.8) is 0 Å². The molecule has 1 saturated heterocycles. The Balaban J connectivity index is 1.31. The lowest BCUT2D eigenvalue weighted by Gasteiger charge is -2.37. The van der Waals surface area contributed by atoms with Crippen molar-refractivity contribution in [2.45, 2.75) is 77.4 Å². The smallest absolute Gasteiger partial charge is 0.255 e. The number of dihydropyridines is 1. The fourth-order valence-electron chi connectivity index (χ4n) is 6.82. The zero-order valence-corrected chi connectivity index (χ0v) is 24.7. The number of allylic oxidation sites excluding steroid dienone is 1. The van der Waals surface area contributed by atoms with Gasteiger partial charge in [-0.25, -0.2) is 4.99 Å². The molecular weight excluding hydrogens is 508 g/mol. The lowest BCUT2D eigenvalue weighted by Crippen LogP contribution is -2.50. The van der Waals surface area contributed by atoms with Crippen LogP contribution in [-0.2, 0) is 9.53 Å². The van der Waals surface area contributed by atoms with Gasteiger partial charge in [-0.1, -0.05) is 18.2 Å². The van der Waals surface area contributed by atoms with Crippen LogP contribution in [0.2, 0.25) is 0 Å². The fraction of sp³-hybridized carbons (Fsp3) is 0.581. The summed E-state index contributed by atoms with van der Waals surface area (Å²) < 4.78 is 8.02. The van der Waals surface area contributed by atoms with Crippen molar-refractivity contribution < 1.29 is 14.3 Å². The normalized spacial score (nSPS) is 28.3. The van der Waals surface area contributed by atoms with Gasteiger partial charge in [-0.05, 0) is 84.1 Å². The molecule has 0 bridgehead atoms. The summed E-state index contributed by atoms with van der Waals surface area (Å²) in [5.74, 6) is -0.195. The summed E-state index contributed by atoms with van der Waals surface area (Å²) >= 11 is 1.54. The molecule has 210 valence electrons. The standard InChI is InChI=1S/C31H42N4O3S/c1-19-16-27(39-5)25(29(36)33-19)17-32-30(37)28-21(3)35(26-9-7-6-8-24(26)28)20(2)22-10-12-23(13-11-22)34-31(4)14-15-38-18-31/h6-9,16,20,22-23,25,34H,10-15,17-18H2,1-5H3,(H,32,37)/t20-,22?,23?,25?,31?/m1/s1. The molecule has 2 N–H and O–H groups in total. The van der Waals surface area contributed by atoms with Crippen LogP contribution in [0.15, 0.2) is 40.2 Å². The van der Waals surface area contributed by atoms with Crippen molar-refractivity contribution >= 4 is 40.2 Å². The highest BCUT2D eigenvalue weighted by Gasteiger charge is 2.35. The van der Waals surface area contributed by atoms with E-state index in [-0.39, 0.29) is 29.9 Å². The number of amides is 2. The third kappa shape index (κ3) is 5.74. The highest BCUT2D eigenvalue weighted by molar-refractivity contribution is 8.02. The number of nitrogens with one attached hydrogen (secondary N) is 2. The molecule has 2 aliphatic heterocycles. The van der Waals surface area contributed by atoms with Crippen LogP contribution in [0.5, 0.6) is 0 Å². The van der Waals surface area contributed by atoms with Crippen LogP contribution in [0.1, 0.15) is 75.0 Å². The Hall–Kier alpha value is -2.42. The second-order valence-electron chi connectivity index (χ2n) is 11.8. The minimum absolute atomic E-state index is 0.110. The minimum Gasteiger partial charge on any atom is -0.379 e. The maximum atomic E-state index is 13.6. The van der Waals surface area contributed by atoms with E-state index in [2.05, 4.69) is 53.1 Å². The average molecular weight is 551 g/mol. The maximum Gasteiger partial charge on any atom is 0.255 e. The number of aliphatic imine (C=N–C) groups is 1. The van der Waals surface area contributed by atoms with E-state index in [1.807, 2.05) is 31.4 Å². The van der Waals surface area contributed by atoms with Crippen molar-refractivity contribution in [2.24, 2.45) is 16.8 Å². The Morgan fingerprint density at radius 3 is 2.67 bits per heavy atom. The first-order valence-corrected chi connectivity index (χ1v) is 15.5. The summed E-state index contributed by atoms with van der Waals surface area (Å²) in [5.41, 5.74) is 3.62. The summed E-state index contributed by atoms with van der Waals surface area (Å²) in [6.07, 6.45) is 9.64. The van der Waals surface area contributed by atoms with E-state index in [1.165, 1.54) is 12.8 Å². The predicted octanol–water partition coefficient (Wildman–Crippen LogP) is 5.43. The first kappa shape index (κ1) is 28.1. The molecule has 8 heteroatoms. The summed E-state index contributed by atoms with van der Waals surface area (Å²) in [6.45, 7) is 10.4. The van der Waals surface area contributed by atoms with Gasteiger partial charge in [-0.2, -0.15) is 0 Å². The lowest BCUT2D eigenvalue weighted by atomic mass is 9.81. The van der Waals surface area contributed by atoms with Crippen LogP contribution < -0.4 is 10.6 Å². The van der Waals surface area contributed by atoms with Crippen molar-refractivity contribution in [3.05, 3.63) is 46.5 Å². The van der Waals surface area contributed by atoms with E-state index in [0.29, 0.717) is 23.2 Å². The van der Waals surface area contributed by atoms with Gasteiger partial charge < -0.3 is 19.9 Å². The van der Waals surface area contributed by atoms with E-state index >= 15 is 0 Å². The maximum absolute atomic E-state index is 13.6.